The molecule has 0 spiro atoms. The lowest BCUT2D eigenvalue weighted by Gasteiger charge is -2.32. The van der Waals surface area contributed by atoms with Crippen LogP contribution in [0.25, 0.3) is 0 Å². The molecule has 1 aromatic rings. The van der Waals surface area contributed by atoms with Crippen LogP contribution in [0.4, 0.5) is 0 Å². The standard InChI is InChI=1S/C12H17N2/c1-11-9-13-7-8-14(11)10-12-5-3-2-4-6-12/h2-6,11H,7-10H2,1H3. The lowest BCUT2D eigenvalue weighted by molar-refractivity contribution is 0.163. The maximum atomic E-state index is 4.41. The van der Waals surface area contributed by atoms with E-state index in [-0.39, 0.29) is 0 Å². The minimum atomic E-state index is 0.601. The molecule has 1 saturated heterocycles. The van der Waals surface area contributed by atoms with E-state index in [1.807, 2.05) is 0 Å². The van der Waals surface area contributed by atoms with Gasteiger partial charge in [-0.1, -0.05) is 30.3 Å². The van der Waals surface area contributed by atoms with Crippen molar-refractivity contribution < 1.29 is 0 Å². The van der Waals surface area contributed by atoms with Crippen LogP contribution in [0, 0.1) is 0 Å². The van der Waals surface area contributed by atoms with Gasteiger partial charge < -0.3 is 0 Å². The van der Waals surface area contributed by atoms with Gasteiger partial charge >= 0.3 is 0 Å². The van der Waals surface area contributed by atoms with Crippen LogP contribution in [0.1, 0.15) is 12.5 Å². The highest BCUT2D eigenvalue weighted by molar-refractivity contribution is 5.14. The third-order valence-corrected chi connectivity index (χ3v) is 2.79. The first kappa shape index (κ1) is 9.69. The summed E-state index contributed by atoms with van der Waals surface area (Å²) >= 11 is 0. The summed E-state index contributed by atoms with van der Waals surface area (Å²) in [6, 6.07) is 11.3. The van der Waals surface area contributed by atoms with Gasteiger partial charge in [-0.15, -0.1) is 0 Å². The summed E-state index contributed by atoms with van der Waals surface area (Å²) in [5.74, 6) is 0. The number of hydrogen-bond acceptors (Lipinski definition) is 1. The molecule has 2 rings (SSSR count). The Labute approximate surface area is 85.9 Å². The molecule has 0 bridgehead atoms. The first-order valence-electron chi connectivity index (χ1n) is 5.27. The summed E-state index contributed by atoms with van der Waals surface area (Å²) in [6.45, 7) is 6.42. The Morgan fingerprint density at radius 2 is 2.14 bits per heavy atom. The van der Waals surface area contributed by atoms with Crippen molar-refractivity contribution in [2.75, 3.05) is 19.6 Å². The van der Waals surface area contributed by atoms with Crippen molar-refractivity contribution in [1.29, 1.82) is 0 Å². The predicted molar refractivity (Wildman–Crippen MR) is 58.2 cm³/mol. The molecule has 0 N–H and O–H groups in total. The summed E-state index contributed by atoms with van der Waals surface area (Å²) in [5.41, 5.74) is 1.40. The fraction of sp³-hybridized carbons (Fsp3) is 0.500. The molecular weight excluding hydrogens is 172 g/mol. The van der Waals surface area contributed by atoms with Gasteiger partial charge in [-0.25, -0.2) is 5.32 Å². The monoisotopic (exact) mass is 189 g/mol. The van der Waals surface area contributed by atoms with Gasteiger partial charge in [0.1, 0.15) is 0 Å². The molecule has 0 aromatic heterocycles. The van der Waals surface area contributed by atoms with Gasteiger partial charge in [0.05, 0.1) is 0 Å². The van der Waals surface area contributed by atoms with E-state index in [9.17, 15) is 0 Å². The largest absolute Gasteiger partial charge is 0.294 e. The average molecular weight is 189 g/mol. The van der Waals surface area contributed by atoms with Crippen LogP contribution in [-0.4, -0.2) is 30.6 Å². The minimum Gasteiger partial charge on any atom is -0.294 e. The van der Waals surface area contributed by atoms with E-state index in [2.05, 4.69) is 47.5 Å². The Kier molecular flexibility index (Phi) is 3.17. The van der Waals surface area contributed by atoms with Crippen molar-refractivity contribution in [3.8, 4) is 0 Å². The molecule has 1 aliphatic heterocycles. The van der Waals surface area contributed by atoms with Gasteiger partial charge in [-0.2, -0.15) is 0 Å². The van der Waals surface area contributed by atoms with E-state index in [0.29, 0.717) is 6.04 Å². The summed E-state index contributed by atoms with van der Waals surface area (Å²) in [6.07, 6.45) is 0. The van der Waals surface area contributed by atoms with Gasteiger partial charge in [0, 0.05) is 32.2 Å². The Bertz CT molecular complexity index is 271. The van der Waals surface area contributed by atoms with Gasteiger partial charge in [-0.05, 0) is 12.5 Å². The van der Waals surface area contributed by atoms with E-state index in [0.717, 1.165) is 26.2 Å². The second-order valence-corrected chi connectivity index (χ2v) is 3.93. The summed E-state index contributed by atoms with van der Waals surface area (Å²) < 4.78 is 0. The highest BCUT2D eigenvalue weighted by atomic mass is 15.2. The highest BCUT2D eigenvalue weighted by Gasteiger charge is 2.17. The van der Waals surface area contributed by atoms with Crippen LogP contribution < -0.4 is 5.32 Å². The van der Waals surface area contributed by atoms with Gasteiger partial charge in [0.25, 0.3) is 0 Å². The molecule has 0 amide bonds. The zero-order chi connectivity index (χ0) is 9.80. The van der Waals surface area contributed by atoms with Crippen LogP contribution in [0.15, 0.2) is 30.3 Å². The third kappa shape index (κ3) is 2.34. The van der Waals surface area contributed by atoms with E-state index in [4.69, 9.17) is 0 Å². The zero-order valence-electron chi connectivity index (χ0n) is 8.69. The molecule has 1 aromatic carbocycles. The number of nitrogens with zero attached hydrogens (tertiary/aromatic N) is 2. The molecular formula is C12H17N2. The summed E-state index contributed by atoms with van der Waals surface area (Å²) in [7, 11) is 0. The number of rotatable bonds is 2. The molecule has 1 aliphatic rings. The molecule has 1 fully saturated rings. The van der Waals surface area contributed by atoms with Crippen LogP contribution in [0.2, 0.25) is 0 Å². The van der Waals surface area contributed by atoms with Crippen molar-refractivity contribution in [2.24, 2.45) is 0 Å². The minimum absolute atomic E-state index is 0.601. The Morgan fingerprint density at radius 3 is 2.86 bits per heavy atom. The second kappa shape index (κ2) is 4.58. The van der Waals surface area contributed by atoms with E-state index in [1.54, 1.807) is 0 Å². The van der Waals surface area contributed by atoms with Crippen molar-refractivity contribution in [3.63, 3.8) is 0 Å². The average Bonchev–Trinajstić information content (AvgIpc) is 2.23. The first-order chi connectivity index (χ1) is 6.86. The molecule has 2 nitrogen and oxygen atoms in total. The van der Waals surface area contributed by atoms with Crippen molar-refractivity contribution in [1.82, 2.24) is 10.2 Å². The number of piperazine rings is 1. The molecule has 1 heterocycles. The summed E-state index contributed by atoms with van der Waals surface area (Å²) in [4.78, 5) is 2.50. The Hall–Kier alpha value is -0.860. The van der Waals surface area contributed by atoms with Crippen molar-refractivity contribution >= 4 is 0 Å². The maximum absolute atomic E-state index is 4.41. The van der Waals surface area contributed by atoms with E-state index >= 15 is 0 Å². The lowest BCUT2D eigenvalue weighted by atomic mass is 10.1. The number of hydrogen-bond donors (Lipinski definition) is 0. The topological polar surface area (TPSA) is 17.3 Å². The van der Waals surface area contributed by atoms with Gasteiger partial charge in [-0.3, -0.25) is 4.90 Å². The molecule has 0 saturated carbocycles. The van der Waals surface area contributed by atoms with E-state index in [1.165, 1.54) is 5.56 Å². The molecule has 0 aliphatic carbocycles. The highest BCUT2D eigenvalue weighted by Crippen LogP contribution is 2.09. The fourth-order valence-corrected chi connectivity index (χ4v) is 1.87. The lowest BCUT2D eigenvalue weighted by Crippen LogP contribution is -2.46. The van der Waals surface area contributed by atoms with Gasteiger partial charge in [0.2, 0.25) is 0 Å². The Balaban J connectivity index is 1.96. The SMILES string of the molecule is CC1C[N]CCN1Cc1ccccc1. The summed E-state index contributed by atoms with van der Waals surface area (Å²) in [5, 5.41) is 4.41. The number of benzene rings is 1. The third-order valence-electron chi connectivity index (χ3n) is 2.79. The molecule has 75 valence electrons. The molecule has 14 heavy (non-hydrogen) atoms. The van der Waals surface area contributed by atoms with E-state index < -0.39 is 0 Å². The van der Waals surface area contributed by atoms with Crippen molar-refractivity contribution in [3.05, 3.63) is 35.9 Å². The van der Waals surface area contributed by atoms with Crippen LogP contribution in [0.5, 0.6) is 0 Å². The maximum Gasteiger partial charge on any atom is 0.0287 e. The van der Waals surface area contributed by atoms with Crippen LogP contribution in [0.3, 0.4) is 0 Å². The molecule has 2 heteroatoms. The molecule has 1 unspecified atom stereocenters. The van der Waals surface area contributed by atoms with Gasteiger partial charge in [0.15, 0.2) is 0 Å². The second-order valence-electron chi connectivity index (χ2n) is 3.93. The molecule has 1 radical (unpaired) electrons. The quantitative estimate of drug-likeness (QED) is 0.689. The first-order valence-corrected chi connectivity index (χ1v) is 5.27. The zero-order valence-corrected chi connectivity index (χ0v) is 8.69. The fourth-order valence-electron chi connectivity index (χ4n) is 1.87. The predicted octanol–water partition coefficient (Wildman–Crippen LogP) is 1.50. The smallest absolute Gasteiger partial charge is 0.0287 e. The molecule has 1 atom stereocenters. The Morgan fingerprint density at radius 1 is 1.36 bits per heavy atom. The van der Waals surface area contributed by atoms with Crippen molar-refractivity contribution in [2.45, 2.75) is 19.5 Å². The van der Waals surface area contributed by atoms with Crippen LogP contribution in [-0.2, 0) is 6.54 Å². The normalized spacial score (nSPS) is 23.6. The van der Waals surface area contributed by atoms with Crippen LogP contribution >= 0.6 is 0 Å².